The van der Waals surface area contributed by atoms with Gasteiger partial charge in [-0.2, -0.15) is 0 Å². The molecule has 1 unspecified atom stereocenters. The van der Waals surface area contributed by atoms with Crippen LogP contribution in [0.2, 0.25) is 0 Å². The van der Waals surface area contributed by atoms with Gasteiger partial charge in [0.2, 0.25) is 0 Å². The summed E-state index contributed by atoms with van der Waals surface area (Å²) in [5.41, 5.74) is 2.40. The molecule has 31 heavy (non-hydrogen) atoms. The SMILES string of the molecule is CCc1c(-c2ccc3c(c2)cc(CN2CCC(OC)C2)n3C)[nH]c(=O)c(C(=O)O)c1O. The van der Waals surface area contributed by atoms with E-state index in [-0.39, 0.29) is 6.10 Å². The van der Waals surface area contributed by atoms with E-state index in [1.54, 1.807) is 7.11 Å². The van der Waals surface area contributed by atoms with Gasteiger partial charge in [0.25, 0.3) is 5.56 Å². The number of methoxy groups -OCH3 is 1. The van der Waals surface area contributed by atoms with Gasteiger partial charge in [0.05, 0.1) is 11.8 Å². The van der Waals surface area contributed by atoms with Crippen molar-refractivity contribution in [1.82, 2.24) is 14.5 Å². The summed E-state index contributed by atoms with van der Waals surface area (Å²) in [7, 11) is 3.79. The van der Waals surface area contributed by atoms with Crippen molar-refractivity contribution in [2.24, 2.45) is 7.05 Å². The Hall–Kier alpha value is -3.10. The van der Waals surface area contributed by atoms with Crippen LogP contribution in [0.1, 0.15) is 35.0 Å². The predicted molar refractivity (Wildman–Crippen MR) is 118 cm³/mol. The first-order chi connectivity index (χ1) is 14.8. The van der Waals surface area contributed by atoms with Gasteiger partial charge in [-0.1, -0.05) is 13.0 Å². The van der Waals surface area contributed by atoms with Crippen molar-refractivity contribution in [1.29, 1.82) is 0 Å². The fraction of sp³-hybridized carbons (Fsp3) is 0.391. The molecule has 0 radical (unpaired) electrons. The number of benzene rings is 1. The fourth-order valence-corrected chi connectivity index (χ4v) is 4.49. The van der Waals surface area contributed by atoms with Crippen LogP contribution >= 0.6 is 0 Å². The number of carbonyl (C=O) groups is 1. The van der Waals surface area contributed by atoms with Crippen LogP contribution in [0.4, 0.5) is 0 Å². The zero-order valence-corrected chi connectivity index (χ0v) is 17.9. The van der Waals surface area contributed by atoms with E-state index in [9.17, 15) is 19.8 Å². The van der Waals surface area contributed by atoms with Crippen LogP contribution in [0.3, 0.4) is 0 Å². The summed E-state index contributed by atoms with van der Waals surface area (Å²) in [6.07, 6.45) is 1.70. The molecule has 3 N–H and O–H groups in total. The second-order valence-electron chi connectivity index (χ2n) is 8.04. The zero-order chi connectivity index (χ0) is 22.3. The molecule has 8 nitrogen and oxygen atoms in total. The quantitative estimate of drug-likeness (QED) is 0.561. The molecule has 4 rings (SSSR count). The number of aromatic nitrogens is 2. The van der Waals surface area contributed by atoms with Gasteiger partial charge >= 0.3 is 5.97 Å². The maximum atomic E-state index is 12.3. The molecule has 3 aromatic rings. The van der Waals surface area contributed by atoms with Gasteiger partial charge in [-0.05, 0) is 36.6 Å². The van der Waals surface area contributed by atoms with Gasteiger partial charge in [0.1, 0.15) is 5.75 Å². The predicted octanol–water partition coefficient (Wildman–Crippen LogP) is 2.72. The summed E-state index contributed by atoms with van der Waals surface area (Å²) in [5, 5.41) is 20.7. The number of rotatable bonds is 6. The average Bonchev–Trinajstić information content (AvgIpc) is 3.31. The largest absolute Gasteiger partial charge is 0.506 e. The zero-order valence-electron chi connectivity index (χ0n) is 17.9. The normalized spacial score (nSPS) is 16.9. The van der Waals surface area contributed by atoms with Crippen LogP contribution in [-0.4, -0.2) is 56.9 Å². The van der Waals surface area contributed by atoms with Crippen molar-refractivity contribution >= 4 is 16.9 Å². The van der Waals surface area contributed by atoms with Crippen molar-refractivity contribution in [2.45, 2.75) is 32.4 Å². The van der Waals surface area contributed by atoms with E-state index < -0.39 is 22.8 Å². The Balaban J connectivity index is 1.74. The van der Waals surface area contributed by atoms with Crippen molar-refractivity contribution in [3.63, 3.8) is 0 Å². The molecular formula is C23H27N3O5. The third-order valence-corrected chi connectivity index (χ3v) is 6.24. The molecule has 1 atom stereocenters. The third kappa shape index (κ3) is 3.73. The van der Waals surface area contributed by atoms with E-state index in [1.165, 1.54) is 5.69 Å². The number of hydrogen-bond acceptors (Lipinski definition) is 5. The maximum absolute atomic E-state index is 12.3. The van der Waals surface area contributed by atoms with Gasteiger partial charge < -0.3 is 24.5 Å². The molecule has 2 aromatic heterocycles. The number of aromatic carboxylic acids is 1. The lowest BCUT2D eigenvalue weighted by atomic mass is 9.99. The number of likely N-dealkylation sites (tertiary alicyclic amines) is 1. The summed E-state index contributed by atoms with van der Waals surface area (Å²) in [5.74, 6) is -1.91. The fourth-order valence-electron chi connectivity index (χ4n) is 4.49. The van der Waals surface area contributed by atoms with Gasteiger partial charge in [-0.25, -0.2) is 4.79 Å². The number of hydrogen-bond donors (Lipinski definition) is 3. The molecule has 1 saturated heterocycles. The Morgan fingerprint density at radius 3 is 2.74 bits per heavy atom. The molecule has 0 bridgehead atoms. The summed E-state index contributed by atoms with van der Waals surface area (Å²) < 4.78 is 7.62. The lowest BCUT2D eigenvalue weighted by molar-refractivity contribution is 0.0691. The van der Waals surface area contributed by atoms with Crippen LogP contribution in [0.15, 0.2) is 29.1 Å². The molecule has 8 heteroatoms. The highest BCUT2D eigenvalue weighted by Crippen LogP contribution is 2.32. The van der Waals surface area contributed by atoms with E-state index in [0.717, 1.165) is 42.5 Å². The molecule has 3 heterocycles. The standard InChI is InChI=1S/C23H27N3O5/c1-4-17-20(24-22(28)19(21(17)27)23(29)30)13-5-6-18-14(9-13)10-15(25(18)2)11-26-8-7-16(12-26)31-3/h5-6,9-10,16H,4,7-8,11-12H2,1-3H3,(H,29,30)(H2,24,27,28). The number of H-pyrrole nitrogens is 1. The first kappa shape index (κ1) is 21.1. The second-order valence-corrected chi connectivity index (χ2v) is 8.04. The first-order valence-electron chi connectivity index (χ1n) is 10.4. The molecule has 0 aliphatic carbocycles. The van der Waals surface area contributed by atoms with Crippen molar-refractivity contribution in [2.75, 3.05) is 20.2 Å². The Bertz CT molecular complexity index is 1210. The Morgan fingerprint density at radius 1 is 1.32 bits per heavy atom. The third-order valence-electron chi connectivity index (χ3n) is 6.24. The molecular weight excluding hydrogens is 398 g/mol. The van der Waals surface area contributed by atoms with E-state index in [4.69, 9.17) is 4.74 Å². The number of ether oxygens (including phenoxy) is 1. The Kier molecular flexibility index (Phi) is 5.60. The molecule has 164 valence electrons. The number of nitrogens with one attached hydrogen (secondary N) is 1. The van der Waals surface area contributed by atoms with Crippen LogP contribution < -0.4 is 5.56 Å². The van der Waals surface area contributed by atoms with E-state index in [2.05, 4.69) is 20.5 Å². The summed E-state index contributed by atoms with van der Waals surface area (Å²) in [6, 6.07) is 7.96. The van der Waals surface area contributed by atoms with Gasteiger partial charge in [0, 0.05) is 56.0 Å². The average molecular weight is 425 g/mol. The lowest BCUT2D eigenvalue weighted by Crippen LogP contribution is -2.23. The van der Waals surface area contributed by atoms with Crippen LogP contribution in [0, 0.1) is 0 Å². The first-order valence-corrected chi connectivity index (χ1v) is 10.4. The topological polar surface area (TPSA) is 108 Å². The maximum Gasteiger partial charge on any atom is 0.345 e. The highest BCUT2D eigenvalue weighted by molar-refractivity contribution is 5.92. The summed E-state index contributed by atoms with van der Waals surface area (Å²) in [6.45, 7) is 4.55. The van der Waals surface area contributed by atoms with Crippen molar-refractivity contribution in [3.8, 4) is 17.0 Å². The number of nitrogens with zero attached hydrogens (tertiary/aromatic N) is 2. The number of aromatic amines is 1. The highest BCUT2D eigenvalue weighted by atomic mass is 16.5. The molecule has 1 aliphatic rings. The minimum Gasteiger partial charge on any atom is -0.506 e. The van der Waals surface area contributed by atoms with E-state index >= 15 is 0 Å². The number of pyridine rings is 1. The molecule has 0 spiro atoms. The Labute approximate surface area is 179 Å². The molecule has 0 saturated carbocycles. The molecule has 1 aromatic carbocycles. The van der Waals surface area contributed by atoms with Crippen LogP contribution in [0.5, 0.6) is 5.75 Å². The Morgan fingerprint density at radius 2 is 2.10 bits per heavy atom. The minimum atomic E-state index is -1.44. The van der Waals surface area contributed by atoms with Crippen molar-refractivity contribution < 1.29 is 19.7 Å². The van der Waals surface area contributed by atoms with Crippen LogP contribution in [0.25, 0.3) is 22.2 Å². The molecule has 1 fully saturated rings. The summed E-state index contributed by atoms with van der Waals surface area (Å²) in [4.78, 5) is 28.7. The van der Waals surface area contributed by atoms with Gasteiger partial charge in [-0.15, -0.1) is 0 Å². The van der Waals surface area contributed by atoms with E-state index in [0.29, 0.717) is 17.7 Å². The highest BCUT2D eigenvalue weighted by Gasteiger charge is 2.24. The smallest absolute Gasteiger partial charge is 0.345 e. The monoisotopic (exact) mass is 425 g/mol. The number of aryl methyl sites for hydroxylation is 1. The molecule has 0 amide bonds. The number of fused-ring (bicyclic) bond motifs is 1. The summed E-state index contributed by atoms with van der Waals surface area (Å²) >= 11 is 0. The van der Waals surface area contributed by atoms with E-state index in [1.807, 2.05) is 32.2 Å². The van der Waals surface area contributed by atoms with Gasteiger partial charge in [0.15, 0.2) is 5.56 Å². The molecule has 1 aliphatic heterocycles. The second kappa shape index (κ2) is 8.20. The minimum absolute atomic E-state index is 0.284. The van der Waals surface area contributed by atoms with Crippen LogP contribution in [-0.2, 0) is 24.8 Å². The van der Waals surface area contributed by atoms with Crippen molar-refractivity contribution in [3.05, 3.63) is 51.4 Å². The van der Waals surface area contributed by atoms with Gasteiger partial charge in [-0.3, -0.25) is 9.69 Å². The number of carboxylic acid groups (broad SMARTS) is 1. The lowest BCUT2D eigenvalue weighted by Gasteiger charge is -2.16. The number of aromatic hydroxyl groups is 1. The number of carboxylic acids is 1.